The summed E-state index contributed by atoms with van der Waals surface area (Å²) in [6.45, 7) is 0.553. The van der Waals surface area contributed by atoms with Crippen molar-refractivity contribution >= 4 is 28.6 Å². The van der Waals surface area contributed by atoms with Crippen molar-refractivity contribution in [1.29, 1.82) is 0 Å². The molecule has 0 unspecified atom stereocenters. The maximum absolute atomic E-state index is 12.3. The number of thiophene rings is 1. The van der Waals surface area contributed by atoms with Gasteiger partial charge in [0.25, 0.3) is 11.6 Å². The molecule has 0 aliphatic carbocycles. The zero-order chi connectivity index (χ0) is 15.4. The van der Waals surface area contributed by atoms with E-state index >= 15 is 0 Å². The van der Waals surface area contributed by atoms with Gasteiger partial charge in [-0.15, -0.1) is 11.3 Å². The second-order valence-corrected chi connectivity index (χ2v) is 5.62. The Kier molecular flexibility index (Phi) is 4.54. The summed E-state index contributed by atoms with van der Waals surface area (Å²) in [7, 11) is 1.68. The number of nitro benzene ring substituents is 1. The molecular weight excluding hydrogens is 290 g/mol. The number of carbonyl (C=O) groups excluding carboxylic acids is 1. The Morgan fingerprint density at radius 3 is 2.81 bits per heavy atom. The van der Waals surface area contributed by atoms with Crippen LogP contribution >= 0.6 is 11.3 Å². The first-order chi connectivity index (χ1) is 9.99. The lowest BCUT2D eigenvalue weighted by atomic mass is 10.1. The van der Waals surface area contributed by atoms with Gasteiger partial charge >= 0.3 is 0 Å². The summed E-state index contributed by atoms with van der Waals surface area (Å²) in [5.41, 5.74) is 5.60. The van der Waals surface area contributed by atoms with Crippen LogP contribution in [0.5, 0.6) is 0 Å². The molecule has 0 aliphatic heterocycles. The summed E-state index contributed by atoms with van der Waals surface area (Å²) in [6.07, 6.45) is 0.761. The summed E-state index contributed by atoms with van der Waals surface area (Å²) in [5, 5.41) is 12.8. The van der Waals surface area contributed by atoms with Gasteiger partial charge in [-0.3, -0.25) is 14.9 Å². The molecular formula is C14H15N3O3S. The number of hydrogen-bond acceptors (Lipinski definition) is 5. The fourth-order valence-electron chi connectivity index (χ4n) is 1.89. The molecule has 0 spiro atoms. The van der Waals surface area contributed by atoms with Gasteiger partial charge in [-0.25, -0.2) is 0 Å². The van der Waals surface area contributed by atoms with Crippen LogP contribution in [0.3, 0.4) is 0 Å². The van der Waals surface area contributed by atoms with E-state index in [1.54, 1.807) is 23.3 Å². The maximum atomic E-state index is 12.3. The predicted octanol–water partition coefficient (Wildman–Crippen LogP) is 2.55. The molecule has 21 heavy (non-hydrogen) atoms. The third kappa shape index (κ3) is 3.57. The topological polar surface area (TPSA) is 89.5 Å². The number of nitro groups is 1. The Labute approximate surface area is 126 Å². The summed E-state index contributed by atoms with van der Waals surface area (Å²) in [4.78, 5) is 25.3. The van der Waals surface area contributed by atoms with Crippen LogP contribution in [0.2, 0.25) is 0 Å². The van der Waals surface area contributed by atoms with Crippen LogP contribution in [-0.2, 0) is 6.42 Å². The smallest absolute Gasteiger partial charge is 0.292 e. The van der Waals surface area contributed by atoms with Crippen LogP contribution < -0.4 is 5.73 Å². The quantitative estimate of drug-likeness (QED) is 0.522. The lowest BCUT2D eigenvalue weighted by molar-refractivity contribution is -0.383. The molecule has 6 nitrogen and oxygen atoms in total. The molecule has 7 heteroatoms. The zero-order valence-electron chi connectivity index (χ0n) is 11.5. The number of likely N-dealkylation sites (N-methyl/N-ethyl adjacent to an activating group) is 1. The standard InChI is InChI=1S/C14H15N3O3S/c1-16(7-6-11-3-2-8-21-11)14(18)10-4-5-12(15)13(9-10)17(19)20/h2-5,8-9H,6-7,15H2,1H3. The van der Waals surface area contributed by atoms with Crippen LogP contribution in [0.25, 0.3) is 0 Å². The van der Waals surface area contributed by atoms with Crippen LogP contribution in [0.1, 0.15) is 15.2 Å². The van der Waals surface area contributed by atoms with Crippen LogP contribution in [0.4, 0.5) is 11.4 Å². The van der Waals surface area contributed by atoms with Gasteiger partial charge in [0.15, 0.2) is 0 Å². The lowest BCUT2D eigenvalue weighted by Crippen LogP contribution is -2.28. The van der Waals surface area contributed by atoms with Crippen LogP contribution in [-0.4, -0.2) is 29.3 Å². The van der Waals surface area contributed by atoms with E-state index in [9.17, 15) is 14.9 Å². The number of rotatable bonds is 5. The first-order valence-electron chi connectivity index (χ1n) is 6.31. The van der Waals surface area contributed by atoms with Crippen LogP contribution in [0, 0.1) is 10.1 Å². The minimum absolute atomic E-state index is 0.0535. The SMILES string of the molecule is CN(CCc1cccs1)C(=O)c1ccc(N)c([N+](=O)[O-])c1. The molecule has 2 rings (SSSR count). The molecule has 1 aromatic carbocycles. The van der Waals surface area contributed by atoms with E-state index in [2.05, 4.69) is 0 Å². The zero-order valence-corrected chi connectivity index (χ0v) is 12.3. The van der Waals surface area contributed by atoms with Gasteiger partial charge in [-0.2, -0.15) is 0 Å². The van der Waals surface area contributed by atoms with Crippen molar-refractivity contribution < 1.29 is 9.72 Å². The van der Waals surface area contributed by atoms with Crippen molar-refractivity contribution in [2.75, 3.05) is 19.3 Å². The van der Waals surface area contributed by atoms with Crippen molar-refractivity contribution in [3.05, 3.63) is 56.3 Å². The van der Waals surface area contributed by atoms with Gasteiger partial charge in [0, 0.05) is 30.1 Å². The van der Waals surface area contributed by atoms with E-state index in [0.29, 0.717) is 6.54 Å². The van der Waals surface area contributed by atoms with Crippen molar-refractivity contribution in [1.82, 2.24) is 4.90 Å². The molecule has 0 saturated carbocycles. The molecule has 0 radical (unpaired) electrons. The minimum atomic E-state index is -0.586. The molecule has 0 aliphatic rings. The van der Waals surface area contributed by atoms with E-state index in [1.807, 2.05) is 17.5 Å². The molecule has 2 N–H and O–H groups in total. The van der Waals surface area contributed by atoms with E-state index in [4.69, 9.17) is 5.73 Å². The number of anilines is 1. The van der Waals surface area contributed by atoms with Gasteiger partial charge in [-0.05, 0) is 30.0 Å². The van der Waals surface area contributed by atoms with Gasteiger partial charge < -0.3 is 10.6 Å². The van der Waals surface area contributed by atoms with E-state index in [0.717, 1.165) is 6.42 Å². The minimum Gasteiger partial charge on any atom is -0.393 e. The highest BCUT2D eigenvalue weighted by atomic mass is 32.1. The van der Waals surface area contributed by atoms with Gasteiger partial charge in [0.05, 0.1) is 4.92 Å². The van der Waals surface area contributed by atoms with Crippen molar-refractivity contribution in [2.45, 2.75) is 6.42 Å². The Hall–Kier alpha value is -2.41. The molecule has 0 fully saturated rings. The number of nitrogens with zero attached hydrogens (tertiary/aromatic N) is 2. The number of nitrogen functional groups attached to an aromatic ring is 1. The third-order valence-corrected chi connectivity index (χ3v) is 4.03. The first-order valence-corrected chi connectivity index (χ1v) is 7.19. The highest BCUT2D eigenvalue weighted by molar-refractivity contribution is 7.09. The monoisotopic (exact) mass is 305 g/mol. The Morgan fingerprint density at radius 2 is 2.19 bits per heavy atom. The fourth-order valence-corrected chi connectivity index (χ4v) is 2.59. The van der Waals surface area contributed by atoms with E-state index in [-0.39, 0.29) is 22.8 Å². The molecule has 0 atom stereocenters. The average Bonchev–Trinajstić information content (AvgIpc) is 2.97. The highest BCUT2D eigenvalue weighted by Gasteiger charge is 2.18. The second-order valence-electron chi connectivity index (χ2n) is 4.59. The largest absolute Gasteiger partial charge is 0.393 e. The molecule has 0 saturated heterocycles. The third-order valence-electron chi connectivity index (χ3n) is 3.09. The molecule has 2 aromatic rings. The summed E-state index contributed by atoms with van der Waals surface area (Å²) in [6, 6.07) is 8.09. The van der Waals surface area contributed by atoms with Crippen molar-refractivity contribution in [2.24, 2.45) is 0 Å². The normalized spacial score (nSPS) is 10.3. The second kappa shape index (κ2) is 6.36. The number of hydrogen-bond donors (Lipinski definition) is 1. The molecule has 1 aromatic heterocycles. The van der Waals surface area contributed by atoms with E-state index < -0.39 is 4.92 Å². The summed E-state index contributed by atoms with van der Waals surface area (Å²) in [5.74, 6) is -0.255. The maximum Gasteiger partial charge on any atom is 0.292 e. The fraction of sp³-hybridized carbons (Fsp3) is 0.214. The van der Waals surface area contributed by atoms with Crippen molar-refractivity contribution in [3.63, 3.8) is 0 Å². The Bertz CT molecular complexity index is 655. The predicted molar refractivity (Wildman–Crippen MR) is 82.5 cm³/mol. The Balaban J connectivity index is 2.08. The van der Waals surface area contributed by atoms with Gasteiger partial charge in [0.1, 0.15) is 5.69 Å². The average molecular weight is 305 g/mol. The number of benzene rings is 1. The molecule has 0 bridgehead atoms. The number of carbonyl (C=O) groups is 1. The summed E-state index contributed by atoms with van der Waals surface area (Å²) < 4.78 is 0. The van der Waals surface area contributed by atoms with Crippen molar-refractivity contribution in [3.8, 4) is 0 Å². The molecule has 1 heterocycles. The summed E-state index contributed by atoms with van der Waals surface area (Å²) >= 11 is 1.64. The molecule has 110 valence electrons. The number of amides is 1. The Morgan fingerprint density at radius 1 is 1.43 bits per heavy atom. The lowest BCUT2D eigenvalue weighted by Gasteiger charge is -2.16. The number of nitrogens with two attached hydrogens (primary N) is 1. The first kappa shape index (κ1) is 15.0. The highest BCUT2D eigenvalue weighted by Crippen LogP contribution is 2.23. The van der Waals surface area contributed by atoms with Crippen LogP contribution in [0.15, 0.2) is 35.7 Å². The van der Waals surface area contributed by atoms with E-state index in [1.165, 1.54) is 23.1 Å². The van der Waals surface area contributed by atoms with Gasteiger partial charge in [0.2, 0.25) is 0 Å². The van der Waals surface area contributed by atoms with Gasteiger partial charge in [-0.1, -0.05) is 6.07 Å². The molecule has 1 amide bonds.